The average molecular weight is 1060 g/mol. The van der Waals surface area contributed by atoms with Crippen molar-refractivity contribution in [3.05, 3.63) is 122 Å². The highest BCUT2D eigenvalue weighted by Crippen LogP contribution is 2.38. The number of nitrogens with one attached hydrogen (secondary N) is 1. The van der Waals surface area contributed by atoms with Crippen molar-refractivity contribution in [2.24, 2.45) is 0 Å². The minimum Gasteiger partial charge on any atom is -0.756 e. The second-order valence-electron chi connectivity index (χ2n) is 21.3. The van der Waals surface area contributed by atoms with Crippen LogP contribution < -0.4 is 10.2 Å². The monoisotopic (exact) mass is 1060 g/mol. The van der Waals surface area contributed by atoms with Crippen LogP contribution in [-0.4, -0.2) is 68.5 Å². The number of hydrogen-bond donors (Lipinski definition) is 2. The van der Waals surface area contributed by atoms with Crippen LogP contribution in [0.15, 0.2) is 122 Å². The molecule has 2 N–H and O–H groups in total. The second kappa shape index (κ2) is 55.6. The number of unbranched alkanes of at least 4 members (excludes halogenated alkanes) is 23. The predicted molar refractivity (Wildman–Crippen MR) is 325 cm³/mol. The summed E-state index contributed by atoms with van der Waals surface area (Å²) in [5.74, 6) is -0.272. The first-order valence-electron chi connectivity index (χ1n) is 30.4. The summed E-state index contributed by atoms with van der Waals surface area (Å²) < 4.78 is 23.3. The maximum Gasteiger partial charge on any atom is 0.268 e. The third-order valence-electron chi connectivity index (χ3n) is 12.9. The van der Waals surface area contributed by atoms with Gasteiger partial charge >= 0.3 is 0 Å². The van der Waals surface area contributed by atoms with Gasteiger partial charge < -0.3 is 28.8 Å². The quantitative estimate of drug-likeness (QED) is 0.0272. The Hall–Kier alpha value is -3.10. The Labute approximate surface area is 463 Å². The van der Waals surface area contributed by atoms with E-state index < -0.39 is 26.6 Å². The molecule has 0 aromatic heterocycles. The Morgan fingerprint density at radius 3 is 1.24 bits per heavy atom. The van der Waals surface area contributed by atoms with Crippen molar-refractivity contribution in [2.75, 3.05) is 40.9 Å². The molecule has 0 aromatic carbocycles. The zero-order valence-electron chi connectivity index (χ0n) is 49.0. The third kappa shape index (κ3) is 58.4. The van der Waals surface area contributed by atoms with Crippen LogP contribution >= 0.6 is 7.82 Å². The van der Waals surface area contributed by atoms with Crippen molar-refractivity contribution in [1.82, 2.24) is 5.32 Å². The fraction of sp³-hybridized carbons (Fsp3) is 0.682. The molecule has 8 nitrogen and oxygen atoms in total. The van der Waals surface area contributed by atoms with Gasteiger partial charge in [-0.15, -0.1) is 0 Å². The lowest BCUT2D eigenvalue weighted by Gasteiger charge is -2.29. The summed E-state index contributed by atoms with van der Waals surface area (Å²) in [6.07, 6.45) is 83.1. The van der Waals surface area contributed by atoms with Crippen LogP contribution in [0.3, 0.4) is 0 Å². The number of hydrogen-bond acceptors (Lipinski definition) is 6. The molecule has 0 saturated heterocycles. The van der Waals surface area contributed by atoms with Crippen molar-refractivity contribution in [1.29, 1.82) is 0 Å². The maximum atomic E-state index is 12.9. The molecule has 0 saturated carbocycles. The summed E-state index contributed by atoms with van der Waals surface area (Å²) in [6.45, 7) is 4.46. The third-order valence-corrected chi connectivity index (χ3v) is 13.8. The topological polar surface area (TPSA) is 108 Å². The highest BCUT2D eigenvalue weighted by atomic mass is 31.2. The molecule has 0 bridgehead atoms. The molecule has 0 aliphatic heterocycles. The van der Waals surface area contributed by atoms with Crippen LogP contribution in [0.1, 0.15) is 239 Å². The number of aliphatic hydroxyl groups is 1. The highest BCUT2D eigenvalue weighted by Gasteiger charge is 2.23. The van der Waals surface area contributed by atoms with Crippen molar-refractivity contribution in [2.45, 2.75) is 251 Å². The molecule has 0 fully saturated rings. The summed E-state index contributed by atoms with van der Waals surface area (Å²) in [5, 5.41) is 13.8. The fourth-order valence-electron chi connectivity index (χ4n) is 8.17. The molecule has 430 valence electrons. The molecule has 3 unspecified atom stereocenters. The Balaban J connectivity index is 4.35. The highest BCUT2D eigenvalue weighted by molar-refractivity contribution is 7.45. The number of amides is 1. The summed E-state index contributed by atoms with van der Waals surface area (Å²) in [7, 11) is 1.18. The second-order valence-corrected chi connectivity index (χ2v) is 22.7. The number of phosphoric acid groups is 1. The molecule has 9 heteroatoms. The lowest BCUT2D eigenvalue weighted by atomic mass is 10.0. The van der Waals surface area contributed by atoms with Gasteiger partial charge in [0, 0.05) is 6.42 Å². The number of allylic oxidation sites excluding steroid dienone is 19. The minimum atomic E-state index is -4.64. The Kier molecular flexibility index (Phi) is 53.3. The van der Waals surface area contributed by atoms with E-state index in [1.54, 1.807) is 6.08 Å². The zero-order valence-corrected chi connectivity index (χ0v) is 49.8. The van der Waals surface area contributed by atoms with Gasteiger partial charge in [0.2, 0.25) is 5.91 Å². The molecule has 0 aliphatic rings. The molecule has 0 aromatic rings. The summed E-state index contributed by atoms with van der Waals surface area (Å²) in [4.78, 5) is 25.5. The largest absolute Gasteiger partial charge is 0.756 e. The Bertz CT molecular complexity index is 1630. The number of nitrogens with zero attached hydrogens (tertiary/aromatic N) is 1. The van der Waals surface area contributed by atoms with Gasteiger partial charge in [-0.05, 0) is 96.3 Å². The first-order chi connectivity index (χ1) is 36.5. The van der Waals surface area contributed by atoms with E-state index in [2.05, 4.69) is 129 Å². The zero-order chi connectivity index (χ0) is 54.9. The van der Waals surface area contributed by atoms with E-state index in [0.29, 0.717) is 23.9 Å². The number of rotatable bonds is 54. The van der Waals surface area contributed by atoms with E-state index in [-0.39, 0.29) is 18.9 Å². The SMILES string of the molecule is CC/C=C\C/C=C\C/C=C\C/C=C\C/C=C\C/C=C\C/C=C\CCCC(=O)NC(COP(=O)([O-])OCC[N+](C)(C)C)C(O)/C=C/CC/C=C/CC/C=C/CCCCCCCCCCCCCCCCCCCCCC. The van der Waals surface area contributed by atoms with Crippen molar-refractivity contribution >= 4 is 13.7 Å². The van der Waals surface area contributed by atoms with E-state index >= 15 is 0 Å². The lowest BCUT2D eigenvalue weighted by Crippen LogP contribution is -2.45. The van der Waals surface area contributed by atoms with Gasteiger partial charge in [-0.3, -0.25) is 9.36 Å². The molecular weight excluding hydrogens is 948 g/mol. The fourth-order valence-corrected chi connectivity index (χ4v) is 8.90. The number of phosphoric ester groups is 1. The number of carbonyl (C=O) groups excluding carboxylic acids is 1. The minimum absolute atomic E-state index is 0.0269. The molecule has 0 radical (unpaired) electrons. The molecule has 0 heterocycles. The Morgan fingerprint density at radius 2 is 0.827 bits per heavy atom. The van der Waals surface area contributed by atoms with Gasteiger partial charge in [0.15, 0.2) is 0 Å². The predicted octanol–water partition coefficient (Wildman–Crippen LogP) is 18.3. The van der Waals surface area contributed by atoms with E-state index in [9.17, 15) is 19.4 Å². The summed E-state index contributed by atoms with van der Waals surface area (Å²) in [6, 6.07) is -0.951. The lowest BCUT2D eigenvalue weighted by molar-refractivity contribution is -0.870. The van der Waals surface area contributed by atoms with Crippen molar-refractivity contribution in [3.8, 4) is 0 Å². The summed E-state index contributed by atoms with van der Waals surface area (Å²) >= 11 is 0. The van der Waals surface area contributed by atoms with E-state index in [0.717, 1.165) is 70.6 Å². The molecule has 75 heavy (non-hydrogen) atoms. The molecule has 0 aliphatic carbocycles. The number of aliphatic hydroxyl groups excluding tert-OH is 1. The maximum absolute atomic E-state index is 12.9. The van der Waals surface area contributed by atoms with Crippen LogP contribution in [0.2, 0.25) is 0 Å². The summed E-state index contributed by atoms with van der Waals surface area (Å²) in [5.41, 5.74) is 0. The van der Waals surface area contributed by atoms with Gasteiger partial charge in [-0.2, -0.15) is 0 Å². The van der Waals surface area contributed by atoms with Gasteiger partial charge in [-0.25, -0.2) is 0 Å². The first-order valence-corrected chi connectivity index (χ1v) is 31.9. The molecule has 0 spiro atoms. The smallest absolute Gasteiger partial charge is 0.268 e. The van der Waals surface area contributed by atoms with Gasteiger partial charge in [0.1, 0.15) is 13.2 Å². The van der Waals surface area contributed by atoms with Crippen LogP contribution in [-0.2, 0) is 18.4 Å². The van der Waals surface area contributed by atoms with E-state index in [1.807, 2.05) is 27.2 Å². The number of carbonyl (C=O) groups is 1. The normalized spacial score (nSPS) is 14.7. The molecule has 1 amide bonds. The average Bonchev–Trinajstić information content (AvgIpc) is 3.37. The van der Waals surface area contributed by atoms with Crippen molar-refractivity contribution in [3.63, 3.8) is 0 Å². The molecule has 0 rings (SSSR count). The van der Waals surface area contributed by atoms with Crippen LogP contribution in [0.5, 0.6) is 0 Å². The molecular formula is C66H115N2O6P. The van der Waals surface area contributed by atoms with Gasteiger partial charge in [0.05, 0.1) is 39.9 Å². The van der Waals surface area contributed by atoms with Gasteiger partial charge in [-0.1, -0.05) is 257 Å². The number of likely N-dealkylation sites (N-methyl/N-ethyl adjacent to an activating group) is 1. The van der Waals surface area contributed by atoms with Crippen LogP contribution in [0.25, 0.3) is 0 Å². The van der Waals surface area contributed by atoms with E-state index in [4.69, 9.17) is 9.05 Å². The van der Waals surface area contributed by atoms with Crippen LogP contribution in [0, 0.1) is 0 Å². The Morgan fingerprint density at radius 1 is 0.480 bits per heavy atom. The molecule has 3 atom stereocenters. The first kappa shape index (κ1) is 71.9. The van der Waals surface area contributed by atoms with E-state index in [1.165, 1.54) is 135 Å². The van der Waals surface area contributed by atoms with Crippen LogP contribution in [0.4, 0.5) is 0 Å². The number of quaternary nitrogens is 1. The van der Waals surface area contributed by atoms with Gasteiger partial charge in [0.25, 0.3) is 7.82 Å². The standard InChI is InChI=1S/C66H115N2O6P/c1-6-8-10-12-14-16-18-20-22-24-26-28-30-31-32-33-34-35-36-38-39-41-43-45-47-49-51-53-55-57-59-65(69)64(63-74-75(71,72)73-62-61-68(3,4)5)67-66(70)60-58-56-54-52-50-48-46-44-42-40-37-29-27-25-23-21-19-17-15-13-11-9-7-2/h9,11,15,17,21,23,27,29,40-43,46,48-49,51-52,54,57,59,64-65,69H,6-8,10,12-14,16,18-20,22,24-26,28,30-39,44-45,47,50,53,55-56,58,60-63H2,1-5H3,(H-,67,70,71,72)/b11-9-,17-15-,23-21-,29-27-,42-40-,43-41+,48-46-,51-49+,54-52-,59-57+. The van der Waals surface area contributed by atoms with Crippen molar-refractivity contribution < 1.29 is 32.9 Å².